The topological polar surface area (TPSA) is 107 Å². The minimum atomic E-state index is -0.463. The van der Waals surface area contributed by atoms with Crippen LogP contribution in [0.15, 0.2) is 70.2 Å². The first-order valence-corrected chi connectivity index (χ1v) is 8.38. The Labute approximate surface area is 160 Å². The molecule has 3 aromatic rings. The fourth-order valence-electron chi connectivity index (χ4n) is 2.39. The van der Waals surface area contributed by atoms with E-state index in [0.29, 0.717) is 22.8 Å². The Bertz CT molecular complexity index is 1010. The standard InChI is InChI=1S/C20H17N3O5/c1-14-4-2-3-5-18(14)27-13-20(24)22-21-12-17-10-11-19(28-17)15-6-8-16(9-7-15)23(25)26/h2-12H,13H2,1H3,(H,22,24)/b21-12+. The summed E-state index contributed by atoms with van der Waals surface area (Å²) < 4.78 is 11.0. The summed E-state index contributed by atoms with van der Waals surface area (Å²) in [4.78, 5) is 22.0. The van der Waals surface area contributed by atoms with Gasteiger partial charge in [-0.05, 0) is 42.8 Å². The number of nitro benzene ring substituents is 1. The first kappa shape index (κ1) is 18.8. The van der Waals surface area contributed by atoms with Crippen molar-refractivity contribution in [3.63, 3.8) is 0 Å². The molecule has 0 saturated heterocycles. The first-order valence-electron chi connectivity index (χ1n) is 8.38. The SMILES string of the molecule is Cc1ccccc1OCC(=O)N/N=C/c1ccc(-c2ccc([N+](=O)[O-])cc2)o1. The predicted octanol–water partition coefficient (Wildman–Crippen LogP) is 3.69. The smallest absolute Gasteiger partial charge is 0.277 e. The molecule has 3 rings (SSSR count). The molecule has 0 spiro atoms. The van der Waals surface area contributed by atoms with Crippen molar-refractivity contribution in [1.82, 2.24) is 5.43 Å². The molecule has 0 aliphatic rings. The maximum atomic E-state index is 11.8. The fourth-order valence-corrected chi connectivity index (χ4v) is 2.39. The number of aryl methyl sites for hydroxylation is 1. The van der Waals surface area contributed by atoms with Gasteiger partial charge in [-0.1, -0.05) is 18.2 Å². The van der Waals surface area contributed by atoms with Crippen molar-refractivity contribution in [2.75, 3.05) is 6.61 Å². The second kappa shape index (κ2) is 8.63. The summed E-state index contributed by atoms with van der Waals surface area (Å²) >= 11 is 0. The number of carbonyl (C=O) groups is 1. The van der Waals surface area contributed by atoms with E-state index in [1.807, 2.05) is 25.1 Å². The number of ether oxygens (including phenoxy) is 1. The lowest BCUT2D eigenvalue weighted by atomic mass is 10.1. The summed E-state index contributed by atoms with van der Waals surface area (Å²) in [6.07, 6.45) is 1.36. The Morgan fingerprint density at radius 2 is 1.93 bits per heavy atom. The van der Waals surface area contributed by atoms with E-state index in [4.69, 9.17) is 9.15 Å². The molecular weight excluding hydrogens is 362 g/mol. The van der Waals surface area contributed by atoms with Gasteiger partial charge >= 0.3 is 0 Å². The first-order chi connectivity index (χ1) is 13.5. The number of amides is 1. The highest BCUT2D eigenvalue weighted by atomic mass is 16.6. The van der Waals surface area contributed by atoms with E-state index in [2.05, 4.69) is 10.5 Å². The van der Waals surface area contributed by atoms with Crippen molar-refractivity contribution >= 4 is 17.8 Å². The molecule has 1 heterocycles. The third-order valence-electron chi connectivity index (χ3n) is 3.82. The summed E-state index contributed by atoms with van der Waals surface area (Å²) in [6, 6.07) is 16.8. The number of carbonyl (C=O) groups excluding carboxylic acids is 1. The van der Waals surface area contributed by atoms with Crippen LogP contribution in [0, 0.1) is 17.0 Å². The zero-order chi connectivity index (χ0) is 19.9. The molecule has 142 valence electrons. The van der Waals surface area contributed by atoms with E-state index in [9.17, 15) is 14.9 Å². The minimum Gasteiger partial charge on any atom is -0.483 e. The van der Waals surface area contributed by atoms with E-state index in [0.717, 1.165) is 5.56 Å². The number of furan rings is 1. The van der Waals surface area contributed by atoms with Crippen LogP contribution in [0.4, 0.5) is 5.69 Å². The molecule has 1 N–H and O–H groups in total. The summed E-state index contributed by atoms with van der Waals surface area (Å²) in [5, 5.41) is 14.5. The van der Waals surface area contributed by atoms with Gasteiger partial charge in [0.25, 0.3) is 11.6 Å². The summed E-state index contributed by atoms with van der Waals surface area (Å²) in [6.45, 7) is 1.74. The molecule has 1 amide bonds. The van der Waals surface area contributed by atoms with Gasteiger partial charge in [-0.2, -0.15) is 5.10 Å². The predicted molar refractivity (Wildman–Crippen MR) is 103 cm³/mol. The second-order valence-electron chi connectivity index (χ2n) is 5.85. The number of nitrogens with zero attached hydrogens (tertiary/aromatic N) is 2. The molecule has 28 heavy (non-hydrogen) atoms. The number of benzene rings is 2. The molecule has 1 aromatic heterocycles. The van der Waals surface area contributed by atoms with Crippen LogP contribution in [0.25, 0.3) is 11.3 Å². The lowest BCUT2D eigenvalue weighted by molar-refractivity contribution is -0.384. The van der Waals surface area contributed by atoms with Gasteiger partial charge in [0.1, 0.15) is 17.3 Å². The highest BCUT2D eigenvalue weighted by molar-refractivity contribution is 5.81. The number of nitrogens with one attached hydrogen (secondary N) is 1. The van der Waals surface area contributed by atoms with E-state index < -0.39 is 10.8 Å². The van der Waals surface area contributed by atoms with Crippen LogP contribution < -0.4 is 10.2 Å². The van der Waals surface area contributed by atoms with Gasteiger partial charge in [-0.25, -0.2) is 5.43 Å². The Balaban J connectivity index is 1.53. The molecule has 8 nitrogen and oxygen atoms in total. The van der Waals surface area contributed by atoms with Gasteiger partial charge in [0, 0.05) is 17.7 Å². The summed E-state index contributed by atoms with van der Waals surface area (Å²) in [5.41, 5.74) is 4.00. The number of hydrogen-bond acceptors (Lipinski definition) is 6. The molecule has 0 fully saturated rings. The van der Waals surface area contributed by atoms with Crippen LogP contribution in [-0.4, -0.2) is 23.7 Å². The Morgan fingerprint density at radius 1 is 1.18 bits per heavy atom. The minimum absolute atomic E-state index is 0.00715. The highest BCUT2D eigenvalue weighted by Gasteiger charge is 2.08. The number of hydrazone groups is 1. The fraction of sp³-hybridized carbons (Fsp3) is 0.100. The van der Waals surface area contributed by atoms with Crippen LogP contribution in [0.5, 0.6) is 5.75 Å². The largest absolute Gasteiger partial charge is 0.483 e. The normalized spacial score (nSPS) is 10.8. The van der Waals surface area contributed by atoms with Gasteiger partial charge in [-0.3, -0.25) is 14.9 Å². The van der Waals surface area contributed by atoms with Crippen molar-refractivity contribution in [2.24, 2.45) is 5.10 Å². The summed E-state index contributed by atoms with van der Waals surface area (Å²) in [7, 11) is 0. The van der Waals surface area contributed by atoms with E-state index in [1.54, 1.807) is 30.3 Å². The lowest BCUT2D eigenvalue weighted by Crippen LogP contribution is -2.24. The number of para-hydroxylation sites is 1. The van der Waals surface area contributed by atoms with Crippen LogP contribution in [-0.2, 0) is 4.79 Å². The van der Waals surface area contributed by atoms with Gasteiger partial charge in [0.15, 0.2) is 6.61 Å². The highest BCUT2D eigenvalue weighted by Crippen LogP contribution is 2.24. The average molecular weight is 379 g/mol. The maximum Gasteiger partial charge on any atom is 0.277 e. The van der Waals surface area contributed by atoms with Crippen LogP contribution in [0.1, 0.15) is 11.3 Å². The third kappa shape index (κ3) is 4.82. The molecule has 0 bridgehead atoms. The maximum absolute atomic E-state index is 11.8. The van der Waals surface area contributed by atoms with E-state index >= 15 is 0 Å². The zero-order valence-corrected chi connectivity index (χ0v) is 15.0. The molecule has 0 aliphatic heterocycles. The quantitative estimate of drug-likeness (QED) is 0.383. The molecule has 0 atom stereocenters. The Morgan fingerprint density at radius 3 is 2.64 bits per heavy atom. The second-order valence-corrected chi connectivity index (χ2v) is 5.85. The van der Waals surface area contributed by atoms with Gasteiger partial charge in [-0.15, -0.1) is 0 Å². The van der Waals surface area contributed by atoms with Crippen LogP contribution >= 0.6 is 0 Å². The van der Waals surface area contributed by atoms with Crippen molar-refractivity contribution in [3.05, 3.63) is 82.1 Å². The van der Waals surface area contributed by atoms with Crippen LogP contribution in [0.3, 0.4) is 0 Å². The third-order valence-corrected chi connectivity index (χ3v) is 3.82. The number of nitro groups is 1. The lowest BCUT2D eigenvalue weighted by Gasteiger charge is -2.07. The van der Waals surface area contributed by atoms with Crippen molar-refractivity contribution in [3.8, 4) is 17.1 Å². The van der Waals surface area contributed by atoms with E-state index in [1.165, 1.54) is 18.3 Å². The van der Waals surface area contributed by atoms with Gasteiger partial charge < -0.3 is 9.15 Å². The van der Waals surface area contributed by atoms with Crippen molar-refractivity contribution in [2.45, 2.75) is 6.92 Å². The molecule has 0 radical (unpaired) electrons. The number of non-ortho nitro benzene ring substituents is 1. The molecule has 8 heteroatoms. The summed E-state index contributed by atoms with van der Waals surface area (Å²) in [5.74, 6) is 1.20. The van der Waals surface area contributed by atoms with Gasteiger partial charge in [0.05, 0.1) is 11.1 Å². The van der Waals surface area contributed by atoms with Crippen molar-refractivity contribution in [1.29, 1.82) is 0 Å². The number of rotatable bonds is 7. The average Bonchev–Trinajstić information content (AvgIpc) is 3.16. The zero-order valence-electron chi connectivity index (χ0n) is 15.0. The molecule has 0 unspecified atom stereocenters. The van der Waals surface area contributed by atoms with Gasteiger partial charge in [0.2, 0.25) is 0 Å². The molecule has 0 saturated carbocycles. The van der Waals surface area contributed by atoms with Crippen molar-refractivity contribution < 1.29 is 18.9 Å². The monoisotopic (exact) mass is 379 g/mol. The van der Waals surface area contributed by atoms with E-state index in [-0.39, 0.29) is 12.3 Å². The Hall–Kier alpha value is -3.94. The Kier molecular flexibility index (Phi) is 5.81. The number of hydrogen-bond donors (Lipinski definition) is 1. The van der Waals surface area contributed by atoms with Crippen LogP contribution in [0.2, 0.25) is 0 Å². The molecule has 2 aromatic carbocycles. The molecule has 0 aliphatic carbocycles. The molecular formula is C20H17N3O5.